The summed E-state index contributed by atoms with van der Waals surface area (Å²) < 4.78 is 39.6. The molecule has 1 rings (SSSR count). The molecule has 1 amide bonds. The van der Waals surface area contributed by atoms with Crippen LogP contribution in [0.15, 0.2) is 17.5 Å². The number of carboxylic acid groups (broad SMARTS) is 1. The Morgan fingerprint density at radius 2 is 2.14 bits per heavy atom. The SMILES string of the molecule is O=C(O)/C=C/c1ccsc1CNC(=O)COCC(F)(F)F. The Kier molecular flexibility index (Phi) is 6.38. The predicted molar refractivity (Wildman–Crippen MR) is 69.7 cm³/mol. The van der Waals surface area contributed by atoms with E-state index in [0.717, 1.165) is 6.08 Å². The van der Waals surface area contributed by atoms with Crippen LogP contribution in [0.4, 0.5) is 13.2 Å². The first-order chi connectivity index (χ1) is 9.78. The van der Waals surface area contributed by atoms with E-state index in [-0.39, 0.29) is 6.54 Å². The highest BCUT2D eigenvalue weighted by Gasteiger charge is 2.27. The molecule has 0 aliphatic rings. The fraction of sp³-hybridized carbons (Fsp3) is 0.333. The molecule has 1 aromatic rings. The molecule has 9 heteroatoms. The normalized spacial score (nSPS) is 11.8. The Labute approximate surface area is 122 Å². The summed E-state index contributed by atoms with van der Waals surface area (Å²) in [5.74, 6) is -1.78. The second-order valence-electron chi connectivity index (χ2n) is 3.86. The number of halogens is 3. The second-order valence-corrected chi connectivity index (χ2v) is 4.86. The van der Waals surface area contributed by atoms with Gasteiger partial charge in [0, 0.05) is 11.0 Å². The minimum atomic E-state index is -4.47. The van der Waals surface area contributed by atoms with Crippen LogP contribution < -0.4 is 5.32 Å². The van der Waals surface area contributed by atoms with Crippen molar-refractivity contribution in [2.75, 3.05) is 13.2 Å². The Balaban J connectivity index is 2.40. The average Bonchev–Trinajstić information content (AvgIpc) is 2.79. The summed E-state index contributed by atoms with van der Waals surface area (Å²) >= 11 is 1.29. The molecule has 0 unspecified atom stereocenters. The molecule has 0 radical (unpaired) electrons. The molecule has 2 N–H and O–H groups in total. The van der Waals surface area contributed by atoms with Gasteiger partial charge in [-0.25, -0.2) is 4.79 Å². The number of thiophene rings is 1. The largest absolute Gasteiger partial charge is 0.478 e. The quantitative estimate of drug-likeness (QED) is 0.753. The number of amides is 1. The van der Waals surface area contributed by atoms with Gasteiger partial charge in [0.15, 0.2) is 0 Å². The van der Waals surface area contributed by atoms with Crippen molar-refractivity contribution in [2.45, 2.75) is 12.7 Å². The van der Waals surface area contributed by atoms with Gasteiger partial charge in [-0.2, -0.15) is 13.2 Å². The van der Waals surface area contributed by atoms with E-state index in [9.17, 15) is 22.8 Å². The molecule has 0 aliphatic carbocycles. The van der Waals surface area contributed by atoms with Crippen molar-refractivity contribution in [1.29, 1.82) is 0 Å². The van der Waals surface area contributed by atoms with E-state index < -0.39 is 31.3 Å². The Morgan fingerprint density at radius 1 is 1.43 bits per heavy atom. The molecular formula is C12H12F3NO4S. The van der Waals surface area contributed by atoms with Crippen molar-refractivity contribution in [2.24, 2.45) is 0 Å². The molecule has 21 heavy (non-hydrogen) atoms. The standard InChI is InChI=1S/C12H12F3NO4S/c13-12(14,15)7-20-6-10(17)16-5-9-8(3-4-21-9)1-2-11(18)19/h1-4H,5-7H2,(H,16,17)(H,18,19)/b2-1+. The van der Waals surface area contributed by atoms with Crippen LogP contribution in [0.25, 0.3) is 6.08 Å². The lowest BCUT2D eigenvalue weighted by Gasteiger charge is -2.08. The number of carbonyl (C=O) groups excluding carboxylic acids is 1. The molecule has 1 heterocycles. The van der Waals surface area contributed by atoms with Crippen LogP contribution in [0, 0.1) is 0 Å². The van der Waals surface area contributed by atoms with E-state index in [1.165, 1.54) is 17.4 Å². The van der Waals surface area contributed by atoms with Crippen molar-refractivity contribution >= 4 is 29.3 Å². The third-order valence-electron chi connectivity index (χ3n) is 2.13. The van der Waals surface area contributed by atoms with Crippen LogP contribution in [0.2, 0.25) is 0 Å². The van der Waals surface area contributed by atoms with Gasteiger partial charge in [-0.15, -0.1) is 11.3 Å². The maximum atomic E-state index is 11.8. The number of hydrogen-bond acceptors (Lipinski definition) is 4. The number of rotatable bonds is 7. The lowest BCUT2D eigenvalue weighted by Crippen LogP contribution is -2.29. The van der Waals surface area contributed by atoms with E-state index in [0.29, 0.717) is 10.4 Å². The van der Waals surface area contributed by atoms with E-state index in [1.807, 2.05) is 0 Å². The fourth-order valence-electron chi connectivity index (χ4n) is 1.29. The minimum Gasteiger partial charge on any atom is -0.478 e. The Bertz CT molecular complexity index is 525. The Hall–Kier alpha value is -1.87. The Morgan fingerprint density at radius 3 is 2.76 bits per heavy atom. The lowest BCUT2D eigenvalue weighted by atomic mass is 10.2. The number of aliphatic carboxylic acids is 1. The fourth-order valence-corrected chi connectivity index (χ4v) is 2.10. The maximum absolute atomic E-state index is 11.8. The van der Waals surface area contributed by atoms with Crippen molar-refractivity contribution in [3.63, 3.8) is 0 Å². The van der Waals surface area contributed by atoms with Crippen LogP contribution in [0.3, 0.4) is 0 Å². The zero-order valence-electron chi connectivity index (χ0n) is 10.6. The number of carbonyl (C=O) groups is 2. The highest BCUT2D eigenvalue weighted by atomic mass is 32.1. The molecule has 0 spiro atoms. The van der Waals surface area contributed by atoms with E-state index in [4.69, 9.17) is 5.11 Å². The molecule has 0 fully saturated rings. The van der Waals surface area contributed by atoms with Crippen LogP contribution in [0.1, 0.15) is 10.4 Å². The van der Waals surface area contributed by atoms with Gasteiger partial charge in [0.1, 0.15) is 13.2 Å². The summed E-state index contributed by atoms with van der Waals surface area (Å²) in [5.41, 5.74) is 0.624. The highest BCUT2D eigenvalue weighted by molar-refractivity contribution is 7.10. The summed E-state index contributed by atoms with van der Waals surface area (Å²) in [7, 11) is 0. The summed E-state index contributed by atoms with van der Waals surface area (Å²) in [6.07, 6.45) is -2.14. The molecule has 1 aromatic heterocycles. The number of ether oxygens (including phenoxy) is 1. The summed E-state index contributed by atoms with van der Waals surface area (Å²) in [4.78, 5) is 22.4. The van der Waals surface area contributed by atoms with Crippen molar-refractivity contribution in [3.8, 4) is 0 Å². The van der Waals surface area contributed by atoms with Crippen molar-refractivity contribution in [3.05, 3.63) is 28.0 Å². The summed E-state index contributed by atoms with van der Waals surface area (Å²) in [6, 6.07) is 1.67. The van der Waals surface area contributed by atoms with Crippen LogP contribution in [-0.4, -0.2) is 36.4 Å². The predicted octanol–water partition coefficient (Wildman–Crippen LogP) is 2.04. The molecule has 0 aliphatic heterocycles. The third kappa shape index (κ3) is 7.47. The molecule has 0 bridgehead atoms. The number of alkyl halides is 3. The first kappa shape index (κ1) is 17.2. The molecule has 116 valence electrons. The van der Waals surface area contributed by atoms with Gasteiger partial charge >= 0.3 is 12.1 Å². The van der Waals surface area contributed by atoms with Crippen molar-refractivity contribution in [1.82, 2.24) is 5.32 Å². The topological polar surface area (TPSA) is 75.6 Å². The summed E-state index contributed by atoms with van der Waals surface area (Å²) in [5, 5.41) is 12.6. The first-order valence-electron chi connectivity index (χ1n) is 5.66. The van der Waals surface area contributed by atoms with Gasteiger partial charge in [0.05, 0.1) is 6.54 Å². The molecule has 5 nitrogen and oxygen atoms in total. The highest BCUT2D eigenvalue weighted by Crippen LogP contribution is 2.18. The first-order valence-corrected chi connectivity index (χ1v) is 6.54. The van der Waals surface area contributed by atoms with Gasteiger partial charge in [0.2, 0.25) is 5.91 Å². The molecule has 0 atom stereocenters. The maximum Gasteiger partial charge on any atom is 0.411 e. The van der Waals surface area contributed by atoms with Gasteiger partial charge in [-0.05, 0) is 23.1 Å². The van der Waals surface area contributed by atoms with Crippen LogP contribution >= 0.6 is 11.3 Å². The van der Waals surface area contributed by atoms with Gasteiger partial charge < -0.3 is 15.2 Å². The van der Waals surface area contributed by atoms with E-state index >= 15 is 0 Å². The second kappa shape index (κ2) is 7.79. The molecule has 0 saturated heterocycles. The smallest absolute Gasteiger partial charge is 0.411 e. The molecule has 0 aromatic carbocycles. The number of hydrogen-bond donors (Lipinski definition) is 2. The average molecular weight is 323 g/mol. The van der Waals surface area contributed by atoms with E-state index in [1.54, 1.807) is 11.4 Å². The summed E-state index contributed by atoms with van der Waals surface area (Å²) in [6.45, 7) is -2.08. The zero-order valence-corrected chi connectivity index (χ0v) is 11.5. The van der Waals surface area contributed by atoms with Crippen LogP contribution in [0.5, 0.6) is 0 Å². The van der Waals surface area contributed by atoms with E-state index in [2.05, 4.69) is 10.1 Å². The number of carboxylic acids is 1. The third-order valence-corrected chi connectivity index (χ3v) is 3.07. The van der Waals surface area contributed by atoms with Gasteiger partial charge in [0.25, 0.3) is 0 Å². The molecule has 0 saturated carbocycles. The monoisotopic (exact) mass is 323 g/mol. The van der Waals surface area contributed by atoms with Gasteiger partial charge in [-0.3, -0.25) is 4.79 Å². The van der Waals surface area contributed by atoms with Gasteiger partial charge in [-0.1, -0.05) is 0 Å². The lowest BCUT2D eigenvalue weighted by molar-refractivity contribution is -0.175. The molecular weight excluding hydrogens is 311 g/mol. The van der Waals surface area contributed by atoms with Crippen molar-refractivity contribution < 1.29 is 32.6 Å². The zero-order chi connectivity index (χ0) is 15.9. The minimum absolute atomic E-state index is 0.0885. The van der Waals surface area contributed by atoms with Crippen LogP contribution in [-0.2, 0) is 20.9 Å². The number of nitrogens with one attached hydrogen (secondary N) is 1.